The highest BCUT2D eigenvalue weighted by Crippen LogP contribution is 2.46. The van der Waals surface area contributed by atoms with E-state index in [1.165, 1.54) is 156 Å². The zero-order chi connectivity index (χ0) is 32.6. The summed E-state index contributed by atoms with van der Waals surface area (Å²) in [5.74, 6) is 0. The highest BCUT2D eigenvalue weighted by atomic mass is 32.1. The molecule has 0 fully saturated rings. The van der Waals surface area contributed by atoms with Crippen LogP contribution in [0.3, 0.4) is 0 Å². The Morgan fingerprint density at radius 2 is 1.02 bits per heavy atom. The number of hydrogen-bond acceptors (Lipinski definition) is 6. The molecule has 47 heavy (non-hydrogen) atoms. The van der Waals surface area contributed by atoms with Gasteiger partial charge in [0.1, 0.15) is 0 Å². The molecule has 0 saturated carbocycles. The largest absolute Gasteiger partial charge is 0.254 e. The van der Waals surface area contributed by atoms with Crippen LogP contribution in [0.1, 0.15) is 112 Å². The van der Waals surface area contributed by atoms with Crippen molar-refractivity contribution in [2.45, 2.75) is 118 Å². The molecular weight excluding hydrogens is 667 g/mol. The number of thiophene rings is 5. The van der Waals surface area contributed by atoms with Gasteiger partial charge in [-0.2, -0.15) is 11.3 Å². The van der Waals surface area contributed by atoms with Crippen molar-refractivity contribution in [2.75, 3.05) is 0 Å². The Balaban J connectivity index is 1.19. The molecule has 6 heteroatoms. The van der Waals surface area contributed by atoms with E-state index in [2.05, 4.69) is 81.1 Å². The van der Waals surface area contributed by atoms with Crippen LogP contribution in [0.15, 0.2) is 53.4 Å². The van der Waals surface area contributed by atoms with Gasteiger partial charge in [-0.05, 0) is 92.4 Å². The van der Waals surface area contributed by atoms with Gasteiger partial charge in [0.2, 0.25) is 0 Å². The number of hydrogen-bond donors (Lipinski definition) is 0. The standard InChI is InChI=1S/C41H49NS5/c1-5-7-9-11-13-15-17-30-23-28(3)44-40(30)37-21-19-35(46-37)32-25-42-39(34-27-43-26-33(32)34)36-20-22-38(47-36)41-31(24-29(4)45-41)18-16-14-12-10-8-6-2/h19-27H,5-18H2,1-4H3. The van der Waals surface area contributed by atoms with E-state index in [9.17, 15) is 0 Å². The van der Waals surface area contributed by atoms with Gasteiger partial charge in [0.05, 0.1) is 10.6 Å². The number of unbranched alkanes of at least 4 members (excludes halogenated alkanes) is 10. The van der Waals surface area contributed by atoms with Crippen LogP contribution >= 0.6 is 56.7 Å². The fourth-order valence-electron chi connectivity index (χ4n) is 6.66. The van der Waals surface area contributed by atoms with Gasteiger partial charge in [-0.15, -0.1) is 45.3 Å². The second kappa shape index (κ2) is 17.0. The van der Waals surface area contributed by atoms with Crippen LogP contribution in [0, 0.1) is 13.8 Å². The molecule has 6 rings (SSSR count). The Hall–Kier alpha value is -2.09. The molecule has 0 amide bonds. The number of aromatic nitrogens is 1. The SMILES string of the molecule is CCCCCCCCc1cc(C)sc1-c1ccc(-c2cnc(-c3ccc(-c4sc(C)cc4CCCCCCCC)s3)c3cscc23)s1. The predicted octanol–water partition coefficient (Wildman–Crippen LogP) is 15.6. The number of rotatable bonds is 18. The lowest BCUT2D eigenvalue weighted by Gasteiger charge is -2.06. The normalized spacial score (nSPS) is 11.7. The molecular formula is C41H49NS5. The highest BCUT2D eigenvalue weighted by Gasteiger charge is 2.18. The van der Waals surface area contributed by atoms with E-state index in [1.54, 1.807) is 11.3 Å². The van der Waals surface area contributed by atoms with Crippen molar-refractivity contribution in [3.05, 3.63) is 74.2 Å². The zero-order valence-electron chi connectivity index (χ0n) is 28.6. The Morgan fingerprint density at radius 1 is 0.532 bits per heavy atom. The molecule has 0 unspecified atom stereocenters. The first-order chi connectivity index (χ1) is 23.1. The van der Waals surface area contributed by atoms with Crippen molar-refractivity contribution in [1.82, 2.24) is 4.98 Å². The van der Waals surface area contributed by atoms with Crippen LogP contribution in [0.25, 0.3) is 51.3 Å². The molecule has 0 aliphatic rings. The topological polar surface area (TPSA) is 12.9 Å². The first-order valence-electron chi connectivity index (χ1n) is 17.8. The van der Waals surface area contributed by atoms with Crippen molar-refractivity contribution >= 4 is 67.5 Å². The third-order valence-corrected chi connectivity index (χ3v) is 14.7. The highest BCUT2D eigenvalue weighted by molar-refractivity contribution is 7.24. The monoisotopic (exact) mass is 715 g/mol. The summed E-state index contributed by atoms with van der Waals surface area (Å²) in [6.45, 7) is 9.11. The van der Waals surface area contributed by atoms with E-state index >= 15 is 0 Å². The summed E-state index contributed by atoms with van der Waals surface area (Å²) < 4.78 is 0. The van der Waals surface area contributed by atoms with Crippen LogP contribution in [-0.4, -0.2) is 4.98 Å². The molecule has 6 aromatic rings. The maximum atomic E-state index is 5.15. The minimum absolute atomic E-state index is 1.12. The lowest BCUT2D eigenvalue weighted by Crippen LogP contribution is -1.86. The maximum absolute atomic E-state index is 5.15. The molecule has 0 saturated heterocycles. The molecule has 0 bridgehead atoms. The maximum Gasteiger partial charge on any atom is 0.0889 e. The van der Waals surface area contributed by atoms with Gasteiger partial charge in [-0.25, -0.2) is 0 Å². The Morgan fingerprint density at radius 3 is 1.62 bits per heavy atom. The second-order valence-corrected chi connectivity index (χ2v) is 18.4. The summed E-state index contributed by atoms with van der Waals surface area (Å²) in [7, 11) is 0. The second-order valence-electron chi connectivity index (χ2n) is 13.0. The van der Waals surface area contributed by atoms with Crippen molar-refractivity contribution in [3.8, 4) is 40.5 Å². The van der Waals surface area contributed by atoms with Crippen molar-refractivity contribution in [2.24, 2.45) is 0 Å². The average molecular weight is 716 g/mol. The number of nitrogens with zero attached hydrogens (tertiary/aromatic N) is 1. The Kier molecular flexibility index (Phi) is 12.6. The summed E-state index contributed by atoms with van der Waals surface area (Å²) in [4.78, 5) is 16.3. The molecule has 0 radical (unpaired) electrons. The smallest absolute Gasteiger partial charge is 0.0889 e. The van der Waals surface area contributed by atoms with Crippen LogP contribution in [0.5, 0.6) is 0 Å². The van der Waals surface area contributed by atoms with Crippen molar-refractivity contribution in [1.29, 1.82) is 0 Å². The van der Waals surface area contributed by atoms with E-state index < -0.39 is 0 Å². The molecule has 6 heterocycles. The fourth-order valence-corrected chi connectivity index (χ4v) is 12.0. The van der Waals surface area contributed by atoms with Gasteiger partial charge in [-0.1, -0.05) is 78.1 Å². The first-order valence-corrected chi connectivity index (χ1v) is 22.0. The van der Waals surface area contributed by atoms with Gasteiger partial charge < -0.3 is 0 Å². The Bertz CT molecular complexity index is 1720. The molecule has 0 atom stereocenters. The summed E-state index contributed by atoms with van der Waals surface area (Å²) in [5, 5.41) is 7.23. The minimum atomic E-state index is 1.12. The molecule has 0 N–H and O–H groups in total. The third-order valence-electron chi connectivity index (χ3n) is 9.15. The molecule has 0 spiro atoms. The number of fused-ring (bicyclic) bond motifs is 1. The van der Waals surface area contributed by atoms with E-state index in [0.717, 1.165) is 5.69 Å². The van der Waals surface area contributed by atoms with Crippen LogP contribution in [0.2, 0.25) is 0 Å². The summed E-state index contributed by atoms with van der Waals surface area (Å²) in [6.07, 6.45) is 20.7. The van der Waals surface area contributed by atoms with Crippen molar-refractivity contribution in [3.63, 3.8) is 0 Å². The first kappa shape index (κ1) is 34.8. The quantitative estimate of drug-likeness (QED) is 0.0807. The average Bonchev–Trinajstić information content (AvgIpc) is 3.90. The lowest BCUT2D eigenvalue weighted by molar-refractivity contribution is 0.608. The third kappa shape index (κ3) is 8.56. The van der Waals surface area contributed by atoms with E-state index in [-0.39, 0.29) is 0 Å². The summed E-state index contributed by atoms with van der Waals surface area (Å²) in [5.41, 5.74) is 5.46. The lowest BCUT2D eigenvalue weighted by atomic mass is 10.0. The molecule has 248 valence electrons. The van der Waals surface area contributed by atoms with Crippen molar-refractivity contribution < 1.29 is 0 Å². The Labute approximate surface area is 302 Å². The van der Waals surface area contributed by atoms with Gasteiger partial charge >= 0.3 is 0 Å². The molecule has 0 aromatic carbocycles. The predicted molar refractivity (Wildman–Crippen MR) is 217 cm³/mol. The minimum Gasteiger partial charge on any atom is -0.254 e. The molecule has 0 aliphatic heterocycles. The van der Waals surface area contributed by atoms with Crippen LogP contribution < -0.4 is 0 Å². The fraction of sp³-hybridized carbons (Fsp3) is 0.439. The van der Waals surface area contributed by atoms with Gasteiger partial charge in [0, 0.05) is 62.1 Å². The summed E-state index contributed by atoms with van der Waals surface area (Å²) in [6, 6.07) is 14.2. The van der Waals surface area contributed by atoms with Gasteiger partial charge in [0.25, 0.3) is 0 Å². The zero-order valence-corrected chi connectivity index (χ0v) is 32.7. The molecule has 1 nitrogen and oxygen atoms in total. The van der Waals surface area contributed by atoms with Crippen LogP contribution in [-0.2, 0) is 12.8 Å². The van der Waals surface area contributed by atoms with Crippen LogP contribution in [0.4, 0.5) is 0 Å². The number of pyridine rings is 1. The van der Waals surface area contributed by atoms with Gasteiger partial charge in [0.15, 0.2) is 0 Å². The number of aryl methyl sites for hydroxylation is 4. The van der Waals surface area contributed by atoms with Gasteiger partial charge in [-0.3, -0.25) is 4.98 Å². The summed E-state index contributed by atoms with van der Waals surface area (Å²) >= 11 is 9.56. The van der Waals surface area contributed by atoms with E-state index in [4.69, 9.17) is 4.98 Å². The van der Waals surface area contributed by atoms with E-state index in [0.29, 0.717) is 0 Å². The molecule has 0 aliphatic carbocycles. The molecule has 6 aromatic heterocycles. The van der Waals surface area contributed by atoms with E-state index in [1.807, 2.05) is 45.3 Å².